The number of morpholine rings is 1. The second-order valence-corrected chi connectivity index (χ2v) is 8.31. The Balaban J connectivity index is 1.37. The number of rotatable bonds is 3. The molecule has 2 aromatic heterocycles. The molecule has 0 unspecified atom stereocenters. The van der Waals surface area contributed by atoms with Crippen molar-refractivity contribution in [1.29, 1.82) is 0 Å². The van der Waals surface area contributed by atoms with Crippen molar-refractivity contribution in [3.63, 3.8) is 0 Å². The lowest BCUT2D eigenvalue weighted by molar-refractivity contribution is 0.160. The van der Waals surface area contributed by atoms with Gasteiger partial charge in [0.05, 0.1) is 54.6 Å². The van der Waals surface area contributed by atoms with E-state index in [0.29, 0.717) is 18.7 Å². The first-order valence-corrected chi connectivity index (χ1v) is 11.1. The minimum Gasteiger partial charge on any atom is -0.488 e. The number of aromatic nitrogens is 3. The number of hydrogen-bond donors (Lipinski definition) is 0. The second kappa shape index (κ2) is 7.81. The van der Waals surface area contributed by atoms with Gasteiger partial charge in [-0.05, 0) is 43.7 Å². The maximum absolute atomic E-state index is 6.09. The van der Waals surface area contributed by atoms with Crippen LogP contribution >= 0.6 is 0 Å². The topological polar surface area (TPSA) is 71.9 Å². The molecule has 0 aliphatic carbocycles. The van der Waals surface area contributed by atoms with Crippen molar-refractivity contribution < 1.29 is 9.26 Å². The summed E-state index contributed by atoms with van der Waals surface area (Å²) in [5, 5.41) is 9.48. The highest BCUT2D eigenvalue weighted by Gasteiger charge is 2.31. The standard InChI is InChI=1S/C25H24N6O2/c1-17-3-6-20(7-4-17)30-10-9-26-25-23(32-12-11-31(25)30)13-19-5-8-22(24-21(19)14-28-33-24)29-15-18(2)27-16-29/h3-8,13-16H,9-12H2,1-2H3. The molecule has 2 aliphatic heterocycles. The highest BCUT2D eigenvalue weighted by Crippen LogP contribution is 2.30. The Hall–Kier alpha value is -4.07. The number of imidazole rings is 1. The molecule has 6 rings (SSSR count). The van der Waals surface area contributed by atoms with Gasteiger partial charge in [0, 0.05) is 6.20 Å². The van der Waals surface area contributed by atoms with E-state index in [1.165, 1.54) is 5.56 Å². The van der Waals surface area contributed by atoms with Crippen molar-refractivity contribution in [2.24, 2.45) is 4.99 Å². The van der Waals surface area contributed by atoms with E-state index >= 15 is 0 Å². The molecule has 166 valence electrons. The molecule has 8 heteroatoms. The van der Waals surface area contributed by atoms with Gasteiger partial charge in [0.1, 0.15) is 6.61 Å². The first-order valence-electron chi connectivity index (χ1n) is 11.1. The van der Waals surface area contributed by atoms with Crippen molar-refractivity contribution >= 4 is 28.6 Å². The highest BCUT2D eigenvalue weighted by atomic mass is 16.5. The monoisotopic (exact) mass is 440 g/mol. The normalized spacial score (nSPS) is 17.3. The van der Waals surface area contributed by atoms with Gasteiger partial charge in [-0.25, -0.2) is 4.98 Å². The van der Waals surface area contributed by atoms with Crippen LogP contribution in [0.1, 0.15) is 16.8 Å². The van der Waals surface area contributed by atoms with Gasteiger partial charge in [0.2, 0.25) is 0 Å². The number of anilines is 1. The number of aliphatic imine (C=N–C) groups is 1. The summed E-state index contributed by atoms with van der Waals surface area (Å²) in [5.74, 6) is 1.61. The molecule has 1 saturated heterocycles. The van der Waals surface area contributed by atoms with Crippen LogP contribution in [0.2, 0.25) is 0 Å². The molecule has 1 fully saturated rings. The number of nitrogens with zero attached hydrogens (tertiary/aromatic N) is 6. The van der Waals surface area contributed by atoms with Gasteiger partial charge < -0.3 is 13.8 Å². The summed E-state index contributed by atoms with van der Waals surface area (Å²) < 4.78 is 13.7. The molecule has 4 heterocycles. The zero-order chi connectivity index (χ0) is 22.4. The molecule has 33 heavy (non-hydrogen) atoms. The molecule has 0 spiro atoms. The Morgan fingerprint density at radius 3 is 2.70 bits per heavy atom. The van der Waals surface area contributed by atoms with E-state index < -0.39 is 0 Å². The van der Waals surface area contributed by atoms with Gasteiger partial charge in [0.25, 0.3) is 0 Å². The van der Waals surface area contributed by atoms with Crippen LogP contribution in [0.15, 0.2) is 70.4 Å². The van der Waals surface area contributed by atoms with E-state index in [0.717, 1.165) is 52.7 Å². The zero-order valence-electron chi connectivity index (χ0n) is 18.6. The third-order valence-electron chi connectivity index (χ3n) is 6.03. The van der Waals surface area contributed by atoms with Gasteiger partial charge in [-0.2, -0.15) is 0 Å². The van der Waals surface area contributed by atoms with E-state index in [1.807, 2.05) is 29.8 Å². The Labute approximate surface area is 191 Å². The average Bonchev–Trinajstić information content (AvgIpc) is 3.49. The quantitative estimate of drug-likeness (QED) is 0.477. The first kappa shape index (κ1) is 19.6. The minimum absolute atomic E-state index is 0.590. The van der Waals surface area contributed by atoms with Crippen LogP contribution in [0, 0.1) is 13.8 Å². The third kappa shape index (κ3) is 3.44. The summed E-state index contributed by atoms with van der Waals surface area (Å²) in [6.07, 6.45) is 7.53. The van der Waals surface area contributed by atoms with Crippen LogP contribution in [-0.4, -0.2) is 51.8 Å². The molecule has 0 saturated carbocycles. The number of amidine groups is 1. The third-order valence-corrected chi connectivity index (χ3v) is 6.03. The molecule has 0 atom stereocenters. The lowest BCUT2D eigenvalue weighted by Gasteiger charge is -2.43. The van der Waals surface area contributed by atoms with E-state index in [4.69, 9.17) is 14.3 Å². The van der Waals surface area contributed by atoms with Gasteiger partial charge >= 0.3 is 0 Å². The zero-order valence-corrected chi connectivity index (χ0v) is 18.6. The van der Waals surface area contributed by atoms with E-state index in [-0.39, 0.29) is 0 Å². The van der Waals surface area contributed by atoms with Crippen molar-refractivity contribution in [3.05, 3.63) is 77.7 Å². The summed E-state index contributed by atoms with van der Waals surface area (Å²) in [5.41, 5.74) is 5.94. The predicted molar refractivity (Wildman–Crippen MR) is 127 cm³/mol. The van der Waals surface area contributed by atoms with Gasteiger partial charge in [0.15, 0.2) is 17.2 Å². The molecule has 2 aliphatic rings. The average molecular weight is 441 g/mol. The van der Waals surface area contributed by atoms with Crippen LogP contribution < -0.4 is 5.01 Å². The SMILES string of the molecule is Cc1ccc(N2CCN=C3C(=Cc4ccc(-n5cnc(C)c5)c5oncc45)OCCN32)cc1. The summed E-state index contributed by atoms with van der Waals surface area (Å²) in [4.78, 5) is 9.14. The lowest BCUT2D eigenvalue weighted by atomic mass is 10.1. The molecule has 0 N–H and O–H groups in total. The molecular weight excluding hydrogens is 416 g/mol. The van der Waals surface area contributed by atoms with Crippen molar-refractivity contribution in [3.8, 4) is 5.69 Å². The summed E-state index contributed by atoms with van der Waals surface area (Å²) in [7, 11) is 0. The molecule has 0 amide bonds. The molecular formula is C25H24N6O2. The molecule has 2 aromatic carbocycles. The highest BCUT2D eigenvalue weighted by molar-refractivity contribution is 6.04. The van der Waals surface area contributed by atoms with E-state index in [2.05, 4.69) is 57.4 Å². The fourth-order valence-electron chi connectivity index (χ4n) is 4.38. The maximum atomic E-state index is 6.09. The smallest absolute Gasteiger partial charge is 0.191 e. The number of ether oxygens (including phenoxy) is 1. The van der Waals surface area contributed by atoms with Crippen molar-refractivity contribution in [2.75, 3.05) is 31.3 Å². The van der Waals surface area contributed by atoms with Gasteiger partial charge in [-0.1, -0.05) is 28.9 Å². The summed E-state index contributed by atoms with van der Waals surface area (Å²) in [6, 6.07) is 12.7. The fourth-order valence-corrected chi connectivity index (χ4v) is 4.38. The van der Waals surface area contributed by atoms with Crippen LogP contribution in [0.25, 0.3) is 22.7 Å². The Bertz CT molecular complexity index is 1380. The first-order chi connectivity index (χ1) is 16.2. The summed E-state index contributed by atoms with van der Waals surface area (Å²) >= 11 is 0. The predicted octanol–water partition coefficient (Wildman–Crippen LogP) is 4.14. The fraction of sp³-hybridized carbons (Fsp3) is 0.240. The van der Waals surface area contributed by atoms with Crippen LogP contribution in [0.5, 0.6) is 0 Å². The van der Waals surface area contributed by atoms with Crippen LogP contribution in [0.3, 0.4) is 0 Å². The summed E-state index contributed by atoms with van der Waals surface area (Å²) in [6.45, 7) is 6.96. The van der Waals surface area contributed by atoms with Crippen LogP contribution in [-0.2, 0) is 4.74 Å². The van der Waals surface area contributed by atoms with Gasteiger partial charge in [-0.3, -0.25) is 15.0 Å². The lowest BCUT2D eigenvalue weighted by Crippen LogP contribution is -2.55. The van der Waals surface area contributed by atoms with E-state index in [9.17, 15) is 0 Å². The Morgan fingerprint density at radius 2 is 1.88 bits per heavy atom. The van der Waals surface area contributed by atoms with E-state index in [1.54, 1.807) is 12.5 Å². The minimum atomic E-state index is 0.590. The maximum Gasteiger partial charge on any atom is 0.191 e. The van der Waals surface area contributed by atoms with Crippen LogP contribution in [0.4, 0.5) is 5.69 Å². The Kier molecular flexibility index (Phi) is 4.64. The number of aryl methyl sites for hydroxylation is 2. The van der Waals surface area contributed by atoms with Gasteiger partial charge in [-0.15, -0.1) is 0 Å². The molecule has 8 nitrogen and oxygen atoms in total. The second-order valence-electron chi connectivity index (χ2n) is 8.31. The largest absolute Gasteiger partial charge is 0.488 e. The molecule has 0 bridgehead atoms. The van der Waals surface area contributed by atoms with Crippen molar-refractivity contribution in [1.82, 2.24) is 19.7 Å². The number of hydrogen-bond acceptors (Lipinski definition) is 7. The van der Waals surface area contributed by atoms with Crippen molar-refractivity contribution in [2.45, 2.75) is 13.8 Å². The molecule has 0 radical (unpaired) electrons. The number of hydrazine groups is 1. The molecule has 4 aromatic rings. The number of fused-ring (bicyclic) bond motifs is 2. The number of benzene rings is 2. The Morgan fingerprint density at radius 1 is 1.00 bits per heavy atom.